The van der Waals surface area contributed by atoms with Gasteiger partial charge in [-0.15, -0.1) is 0 Å². The summed E-state index contributed by atoms with van der Waals surface area (Å²) in [5.74, 6) is -0.682. The topological polar surface area (TPSA) is 79.8 Å². The van der Waals surface area contributed by atoms with Gasteiger partial charge in [0, 0.05) is 43.1 Å². The molecule has 2 heterocycles. The average Bonchev–Trinajstić information content (AvgIpc) is 3.10. The maximum absolute atomic E-state index is 14.3. The lowest BCUT2D eigenvalue weighted by Gasteiger charge is -2.28. The third-order valence-electron chi connectivity index (χ3n) is 4.67. The van der Waals surface area contributed by atoms with Crippen LogP contribution in [-0.4, -0.2) is 60.5 Å². The van der Waals surface area contributed by atoms with Gasteiger partial charge in [-0.2, -0.15) is 4.31 Å². The largest absolute Gasteiger partial charge is 0.444 e. The van der Waals surface area contributed by atoms with Crippen LogP contribution in [0.5, 0.6) is 0 Å². The molecule has 1 aliphatic rings. The summed E-state index contributed by atoms with van der Waals surface area (Å²) in [6, 6.07) is 4.27. The number of sulfonamides is 1. The molecule has 0 aliphatic carbocycles. The molecule has 2 aromatic rings. The Balaban J connectivity index is 1.85. The molecule has 1 aromatic heterocycles. The molecule has 1 aromatic carbocycles. The number of benzene rings is 1. The Morgan fingerprint density at radius 1 is 1.32 bits per heavy atom. The Morgan fingerprint density at radius 3 is 2.71 bits per heavy atom. The Labute approximate surface area is 164 Å². The molecule has 0 N–H and O–H groups in total. The van der Waals surface area contributed by atoms with Crippen molar-refractivity contribution in [3.63, 3.8) is 0 Å². The van der Waals surface area contributed by atoms with Crippen molar-refractivity contribution < 1.29 is 22.3 Å². The number of fused-ring (bicyclic) bond motifs is 1. The zero-order valence-electron chi connectivity index (χ0n) is 16.3. The Hall–Kier alpha value is -2.26. The number of amides is 1. The van der Waals surface area contributed by atoms with E-state index in [2.05, 4.69) is 4.98 Å². The van der Waals surface area contributed by atoms with Gasteiger partial charge in [-0.05, 0) is 33.3 Å². The van der Waals surface area contributed by atoms with Gasteiger partial charge < -0.3 is 9.64 Å². The van der Waals surface area contributed by atoms with Crippen LogP contribution < -0.4 is 0 Å². The van der Waals surface area contributed by atoms with Gasteiger partial charge in [0.25, 0.3) is 0 Å². The molecule has 1 saturated heterocycles. The number of rotatable bonds is 3. The van der Waals surface area contributed by atoms with Gasteiger partial charge in [0.05, 0.1) is 11.1 Å². The predicted octanol–water partition coefficient (Wildman–Crippen LogP) is 3.00. The van der Waals surface area contributed by atoms with Crippen LogP contribution in [0.4, 0.5) is 9.18 Å². The van der Waals surface area contributed by atoms with Crippen LogP contribution in [0.3, 0.4) is 0 Å². The van der Waals surface area contributed by atoms with E-state index in [-0.39, 0.29) is 29.4 Å². The second kappa shape index (κ2) is 7.29. The van der Waals surface area contributed by atoms with E-state index in [0.717, 1.165) is 6.20 Å². The summed E-state index contributed by atoms with van der Waals surface area (Å²) < 4.78 is 47.3. The second-order valence-corrected chi connectivity index (χ2v) is 9.78. The summed E-state index contributed by atoms with van der Waals surface area (Å²) in [7, 11) is -2.33. The number of carbonyl (C=O) groups excluding carboxylic acids is 1. The van der Waals surface area contributed by atoms with Crippen molar-refractivity contribution in [1.29, 1.82) is 0 Å². The highest BCUT2D eigenvalue weighted by atomic mass is 32.2. The van der Waals surface area contributed by atoms with Crippen molar-refractivity contribution in [3.05, 3.63) is 36.4 Å². The number of pyridine rings is 1. The third kappa shape index (κ3) is 3.95. The highest BCUT2D eigenvalue weighted by molar-refractivity contribution is 7.89. The summed E-state index contributed by atoms with van der Waals surface area (Å²) in [5, 5.41) is 0.448. The molecule has 7 nitrogen and oxygen atoms in total. The number of hydrogen-bond donors (Lipinski definition) is 0. The van der Waals surface area contributed by atoms with E-state index in [1.165, 1.54) is 21.5 Å². The lowest BCUT2D eigenvalue weighted by Crippen LogP contribution is -2.42. The fraction of sp³-hybridized carbons (Fsp3) is 0.474. The molecule has 0 bridgehead atoms. The fourth-order valence-corrected chi connectivity index (χ4v) is 4.96. The second-order valence-electron chi connectivity index (χ2n) is 7.87. The molecule has 1 aliphatic heterocycles. The lowest BCUT2D eigenvalue weighted by atomic mass is 10.2. The van der Waals surface area contributed by atoms with Crippen LogP contribution >= 0.6 is 0 Å². The van der Waals surface area contributed by atoms with E-state index in [1.54, 1.807) is 40.0 Å². The van der Waals surface area contributed by atoms with Crippen LogP contribution in [0.25, 0.3) is 10.8 Å². The molecule has 0 saturated carbocycles. The van der Waals surface area contributed by atoms with Crippen molar-refractivity contribution >= 4 is 26.9 Å². The third-order valence-corrected chi connectivity index (χ3v) is 6.58. The van der Waals surface area contributed by atoms with Crippen LogP contribution in [-0.2, 0) is 14.8 Å². The summed E-state index contributed by atoms with van der Waals surface area (Å²) in [5.41, 5.74) is -0.635. The quantitative estimate of drug-likeness (QED) is 0.779. The molecule has 1 fully saturated rings. The van der Waals surface area contributed by atoms with E-state index in [9.17, 15) is 17.6 Å². The van der Waals surface area contributed by atoms with E-state index in [1.807, 2.05) is 0 Å². The van der Waals surface area contributed by atoms with Crippen molar-refractivity contribution in [3.8, 4) is 0 Å². The average molecular weight is 409 g/mol. The number of ether oxygens (including phenoxy) is 1. The van der Waals surface area contributed by atoms with E-state index in [4.69, 9.17) is 4.74 Å². The molecular weight excluding hydrogens is 385 g/mol. The highest BCUT2D eigenvalue weighted by Gasteiger charge is 2.37. The minimum Gasteiger partial charge on any atom is -0.444 e. The van der Waals surface area contributed by atoms with Gasteiger partial charge in [-0.3, -0.25) is 4.98 Å². The maximum Gasteiger partial charge on any atom is 0.410 e. The highest BCUT2D eigenvalue weighted by Crippen LogP contribution is 2.30. The molecule has 9 heteroatoms. The Morgan fingerprint density at radius 2 is 2.04 bits per heavy atom. The van der Waals surface area contributed by atoms with Gasteiger partial charge in [-0.1, -0.05) is 12.1 Å². The van der Waals surface area contributed by atoms with Crippen molar-refractivity contribution in [1.82, 2.24) is 14.2 Å². The predicted molar refractivity (Wildman–Crippen MR) is 103 cm³/mol. The van der Waals surface area contributed by atoms with E-state index >= 15 is 0 Å². The molecular formula is C19H24FN3O4S. The van der Waals surface area contributed by atoms with Gasteiger partial charge in [-0.25, -0.2) is 17.6 Å². The zero-order valence-corrected chi connectivity index (χ0v) is 17.2. The molecule has 28 heavy (non-hydrogen) atoms. The molecule has 3 rings (SSSR count). The van der Waals surface area contributed by atoms with Crippen LogP contribution in [0, 0.1) is 5.82 Å². The van der Waals surface area contributed by atoms with E-state index < -0.39 is 27.5 Å². The number of aromatic nitrogens is 1. The first-order valence-corrected chi connectivity index (χ1v) is 10.4. The number of carbonyl (C=O) groups is 1. The van der Waals surface area contributed by atoms with Crippen LogP contribution in [0.15, 0.2) is 35.5 Å². The molecule has 1 amide bonds. The molecule has 152 valence electrons. The van der Waals surface area contributed by atoms with Crippen LogP contribution in [0.1, 0.15) is 27.2 Å². The number of hydrogen-bond acceptors (Lipinski definition) is 5. The monoisotopic (exact) mass is 409 g/mol. The SMILES string of the molecule is CN(C(=O)OC(C)(C)C)[C@H]1CCN(S(=O)(=O)c2cccc3cncc(F)c23)C1. The van der Waals surface area contributed by atoms with Crippen LogP contribution in [0.2, 0.25) is 0 Å². The molecule has 1 atom stereocenters. The fourth-order valence-electron chi connectivity index (χ4n) is 3.24. The van der Waals surface area contributed by atoms with Crippen molar-refractivity contribution in [2.75, 3.05) is 20.1 Å². The first kappa shape index (κ1) is 20.5. The lowest BCUT2D eigenvalue weighted by molar-refractivity contribution is 0.0232. The summed E-state index contributed by atoms with van der Waals surface area (Å²) >= 11 is 0. The first-order chi connectivity index (χ1) is 13.0. The summed E-state index contributed by atoms with van der Waals surface area (Å²) in [6.45, 7) is 5.68. The maximum atomic E-state index is 14.3. The zero-order chi connectivity index (χ0) is 20.7. The van der Waals surface area contributed by atoms with E-state index in [0.29, 0.717) is 11.8 Å². The van der Waals surface area contributed by atoms with Crippen molar-refractivity contribution in [2.45, 2.75) is 43.7 Å². The normalized spacial score (nSPS) is 18.4. The minimum absolute atomic E-state index is 0.0291. The summed E-state index contributed by atoms with van der Waals surface area (Å²) in [6.07, 6.45) is 2.41. The number of nitrogens with zero attached hydrogens (tertiary/aromatic N) is 3. The Bertz CT molecular complexity index is 999. The van der Waals surface area contributed by atoms with Gasteiger partial charge in [0.2, 0.25) is 10.0 Å². The Kier molecular flexibility index (Phi) is 5.33. The minimum atomic E-state index is -3.93. The standard InChI is InChI=1S/C19H24FN3O4S/c1-19(2,3)27-18(24)22(4)14-8-9-23(12-14)28(25,26)16-7-5-6-13-10-21-11-15(20)17(13)16/h5-7,10-11,14H,8-9,12H2,1-4H3/t14-/m0/s1. The molecule has 0 spiro atoms. The first-order valence-electron chi connectivity index (χ1n) is 8.99. The number of likely N-dealkylation sites (N-methyl/N-ethyl adjacent to an activating group) is 1. The van der Waals surface area contributed by atoms with Gasteiger partial charge >= 0.3 is 6.09 Å². The molecule has 0 radical (unpaired) electrons. The van der Waals surface area contributed by atoms with Crippen molar-refractivity contribution in [2.24, 2.45) is 0 Å². The molecule has 0 unspecified atom stereocenters. The van der Waals surface area contributed by atoms with Gasteiger partial charge in [0.1, 0.15) is 5.60 Å². The summed E-state index contributed by atoms with van der Waals surface area (Å²) in [4.78, 5) is 17.4. The smallest absolute Gasteiger partial charge is 0.410 e. The number of halogens is 1. The van der Waals surface area contributed by atoms with Gasteiger partial charge in [0.15, 0.2) is 5.82 Å².